The zero-order valence-corrected chi connectivity index (χ0v) is 66.2. The maximum absolute atomic E-state index is 13.4. The number of aliphatic hydroxyl groups is 8. The molecule has 0 aromatic heterocycles. The summed E-state index contributed by atoms with van der Waals surface area (Å²) in [4.78, 5) is 13.4. The molecule has 2 fully saturated rings. The summed E-state index contributed by atoms with van der Waals surface area (Å²) in [6, 6.07) is -0.944. The van der Waals surface area contributed by atoms with Crippen molar-refractivity contribution in [1.82, 2.24) is 5.32 Å². The Morgan fingerprint density at radius 3 is 1.06 bits per heavy atom. The molecule has 9 N–H and O–H groups in total. The van der Waals surface area contributed by atoms with Crippen LogP contribution in [0, 0.1) is 0 Å². The lowest BCUT2D eigenvalue weighted by Gasteiger charge is -2.46. The van der Waals surface area contributed by atoms with E-state index in [2.05, 4.69) is 116 Å². The SMILES string of the molecule is CC/C=C\C/C=C\C/C=C\C/C=C\C/C=C\C/C=C\CCCCCCCCCCCCCCCCCCCCCCCCC(=O)NC(COC1OC(CO)C(OC2OC(CO)C(O)C(O)C2O)C(O)C1O)C(O)/C=C/CC/C=C/CC/C=C/CCCCCCCCCCCCCCCCCCCCC. The number of hydrogen-bond acceptors (Lipinski definition) is 13. The third kappa shape index (κ3) is 54.3. The second-order valence-corrected chi connectivity index (χ2v) is 29.9. The van der Waals surface area contributed by atoms with Crippen LogP contribution in [0.3, 0.4) is 0 Å². The average Bonchev–Trinajstić information content (AvgIpc) is 0.789. The monoisotopic (exact) mass is 1460 g/mol. The van der Waals surface area contributed by atoms with E-state index in [1.807, 2.05) is 6.08 Å². The van der Waals surface area contributed by atoms with Crippen molar-refractivity contribution in [1.29, 1.82) is 0 Å². The van der Waals surface area contributed by atoms with Crippen LogP contribution in [0.4, 0.5) is 0 Å². The lowest BCUT2D eigenvalue weighted by Crippen LogP contribution is -2.65. The van der Waals surface area contributed by atoms with Gasteiger partial charge < -0.3 is 65.1 Å². The molecule has 0 aliphatic carbocycles. The molecule has 2 rings (SSSR count). The third-order valence-corrected chi connectivity index (χ3v) is 20.4. The predicted octanol–water partition coefficient (Wildman–Crippen LogP) is 20.6. The third-order valence-electron chi connectivity index (χ3n) is 20.4. The minimum atomic E-state index is -1.80. The molecule has 0 saturated carbocycles. The molecule has 1 amide bonds. The molecule has 0 radical (unpaired) electrons. The van der Waals surface area contributed by atoms with Gasteiger partial charge in [0.25, 0.3) is 0 Å². The highest BCUT2D eigenvalue weighted by Crippen LogP contribution is 2.30. The summed E-state index contributed by atoms with van der Waals surface area (Å²) in [7, 11) is 0. The van der Waals surface area contributed by atoms with E-state index in [9.17, 15) is 45.6 Å². The molecule has 2 saturated heterocycles. The highest BCUT2D eigenvalue weighted by atomic mass is 16.7. The molecule has 2 aliphatic heterocycles. The van der Waals surface area contributed by atoms with Gasteiger partial charge in [0.05, 0.1) is 32.0 Å². The van der Waals surface area contributed by atoms with Gasteiger partial charge in [0.1, 0.15) is 48.8 Å². The lowest BCUT2D eigenvalue weighted by molar-refractivity contribution is -0.359. The predicted molar refractivity (Wildman–Crippen MR) is 433 cm³/mol. The van der Waals surface area contributed by atoms with Crippen molar-refractivity contribution >= 4 is 5.91 Å². The fourth-order valence-electron chi connectivity index (χ4n) is 13.7. The first-order chi connectivity index (χ1) is 51.1. The second-order valence-electron chi connectivity index (χ2n) is 29.9. The molecule has 602 valence electrons. The number of aliphatic hydroxyl groups excluding tert-OH is 8. The van der Waals surface area contributed by atoms with Crippen LogP contribution in [0.15, 0.2) is 109 Å². The van der Waals surface area contributed by atoms with Gasteiger partial charge in [-0.05, 0) is 96.3 Å². The Morgan fingerprint density at radius 1 is 0.356 bits per heavy atom. The summed E-state index contributed by atoms with van der Waals surface area (Å²) in [6.45, 7) is 2.71. The Balaban J connectivity index is 1.59. The first-order valence-electron chi connectivity index (χ1n) is 43.1. The summed E-state index contributed by atoms with van der Waals surface area (Å²) in [5.74, 6) is -0.249. The van der Waals surface area contributed by atoms with Gasteiger partial charge in [-0.15, -0.1) is 0 Å². The number of rotatable bonds is 72. The van der Waals surface area contributed by atoms with Gasteiger partial charge in [0.2, 0.25) is 5.91 Å². The minimum absolute atomic E-state index is 0.249. The molecule has 12 atom stereocenters. The van der Waals surface area contributed by atoms with Gasteiger partial charge in [0, 0.05) is 6.42 Å². The normalized spacial score (nSPS) is 22.0. The smallest absolute Gasteiger partial charge is 0.220 e. The molecule has 12 unspecified atom stereocenters. The van der Waals surface area contributed by atoms with Crippen LogP contribution >= 0.6 is 0 Å². The minimum Gasteiger partial charge on any atom is -0.394 e. The highest BCUT2D eigenvalue weighted by Gasteiger charge is 2.51. The quantitative estimate of drug-likeness (QED) is 0.0204. The molecule has 14 heteroatoms. The number of ether oxygens (including phenoxy) is 4. The maximum atomic E-state index is 13.4. The van der Waals surface area contributed by atoms with Crippen molar-refractivity contribution in [2.24, 2.45) is 0 Å². The standard InChI is InChI=1S/C90H159NO13/c1-3-5-7-9-11-13-15-17-19-21-23-25-27-29-31-33-34-35-36-37-38-39-40-41-42-43-44-46-48-50-52-54-56-58-60-62-64-66-68-70-72-74-82(95)91-78(77-101-89-87(100)85(98)88(81(76-93)103-89)104-90-86(99)84(97)83(96)80(75-92)102-90)79(94)73-71-69-67-65-63-61-59-57-55-53-51-49-47-45-32-30-28-26-24-22-20-18-16-14-12-10-8-6-4-2/h5,7,11,13,17,19,23,25,29,31,34-35,55,57,63,65,71,73,78-81,83-90,92-94,96-100H,3-4,6,8-10,12,14-16,18,20-22,24,26-28,30,32-33,36-54,56,58-62,64,66-70,72,74-77H2,1-2H3,(H,91,95)/b7-5-,13-11-,19-17-,25-23-,31-29-,35-34-,57-55+,65-63+,73-71+. The summed E-state index contributed by atoms with van der Waals surface area (Å²) in [5, 5.41) is 87.7. The van der Waals surface area contributed by atoms with E-state index in [1.54, 1.807) is 6.08 Å². The molecular formula is C90H159NO13. The van der Waals surface area contributed by atoms with Crippen molar-refractivity contribution in [3.8, 4) is 0 Å². The number of unbranched alkanes of at least 4 members (excludes halogenated alkanes) is 43. The van der Waals surface area contributed by atoms with Crippen LogP contribution in [-0.4, -0.2) is 140 Å². The van der Waals surface area contributed by atoms with E-state index in [-0.39, 0.29) is 18.9 Å². The van der Waals surface area contributed by atoms with Gasteiger partial charge >= 0.3 is 0 Å². The summed E-state index contributed by atoms with van der Waals surface area (Å²) in [5.41, 5.74) is 0. The van der Waals surface area contributed by atoms with Crippen LogP contribution in [0.5, 0.6) is 0 Å². The number of allylic oxidation sites excluding steroid dienone is 17. The van der Waals surface area contributed by atoms with E-state index in [1.165, 1.54) is 244 Å². The molecular weight excluding hydrogens is 1300 g/mol. The van der Waals surface area contributed by atoms with Crippen LogP contribution in [0.25, 0.3) is 0 Å². The Hall–Kier alpha value is -3.35. The summed E-state index contributed by atoms with van der Waals surface area (Å²) >= 11 is 0. The molecule has 0 aromatic rings. The van der Waals surface area contributed by atoms with Gasteiger partial charge in [-0.25, -0.2) is 0 Å². The summed E-state index contributed by atoms with van der Waals surface area (Å²) in [6.07, 6.45) is 89.1. The summed E-state index contributed by atoms with van der Waals surface area (Å²) < 4.78 is 22.9. The van der Waals surface area contributed by atoms with Crippen molar-refractivity contribution in [2.75, 3.05) is 19.8 Å². The van der Waals surface area contributed by atoms with Crippen LogP contribution in [-0.2, 0) is 23.7 Å². The van der Waals surface area contributed by atoms with E-state index in [0.29, 0.717) is 12.8 Å². The van der Waals surface area contributed by atoms with Crippen LogP contribution in [0.2, 0.25) is 0 Å². The van der Waals surface area contributed by atoms with Gasteiger partial charge in [-0.1, -0.05) is 367 Å². The second kappa shape index (κ2) is 72.5. The van der Waals surface area contributed by atoms with Crippen LogP contribution < -0.4 is 5.32 Å². The number of nitrogens with one attached hydrogen (secondary N) is 1. The average molecular weight is 1460 g/mol. The molecule has 0 bridgehead atoms. The number of carbonyl (C=O) groups is 1. The van der Waals surface area contributed by atoms with Crippen molar-refractivity contribution in [2.45, 2.75) is 434 Å². The fourth-order valence-corrected chi connectivity index (χ4v) is 13.7. The van der Waals surface area contributed by atoms with Gasteiger partial charge in [0.15, 0.2) is 12.6 Å². The van der Waals surface area contributed by atoms with Gasteiger partial charge in [-0.2, -0.15) is 0 Å². The zero-order valence-electron chi connectivity index (χ0n) is 66.2. The van der Waals surface area contributed by atoms with Crippen LogP contribution in [0.1, 0.15) is 361 Å². The first kappa shape index (κ1) is 96.7. The Kier molecular flexibility index (Phi) is 67.4. The Morgan fingerprint density at radius 2 is 0.673 bits per heavy atom. The van der Waals surface area contributed by atoms with Crippen molar-refractivity contribution < 1.29 is 64.6 Å². The molecule has 14 nitrogen and oxygen atoms in total. The molecule has 2 aliphatic rings. The van der Waals surface area contributed by atoms with Crippen molar-refractivity contribution in [3.63, 3.8) is 0 Å². The molecule has 104 heavy (non-hydrogen) atoms. The first-order valence-corrected chi connectivity index (χ1v) is 43.1. The zero-order chi connectivity index (χ0) is 75.1. The largest absolute Gasteiger partial charge is 0.394 e. The van der Waals surface area contributed by atoms with Crippen molar-refractivity contribution in [3.05, 3.63) is 109 Å². The number of hydrogen-bond donors (Lipinski definition) is 9. The number of carbonyl (C=O) groups excluding carboxylic acids is 1. The molecule has 2 heterocycles. The highest BCUT2D eigenvalue weighted by molar-refractivity contribution is 5.76. The molecule has 0 aromatic carbocycles. The Labute approximate surface area is 636 Å². The van der Waals surface area contributed by atoms with E-state index in [4.69, 9.17) is 18.9 Å². The fraction of sp³-hybridized carbons (Fsp3) is 0.789. The van der Waals surface area contributed by atoms with E-state index >= 15 is 0 Å². The van der Waals surface area contributed by atoms with E-state index < -0.39 is 86.8 Å². The lowest BCUT2D eigenvalue weighted by atomic mass is 9.97. The maximum Gasteiger partial charge on any atom is 0.220 e. The molecule has 0 spiro atoms. The number of amides is 1. The van der Waals surface area contributed by atoms with Gasteiger partial charge in [-0.3, -0.25) is 4.79 Å². The van der Waals surface area contributed by atoms with E-state index in [0.717, 1.165) is 83.5 Å². The topological polar surface area (TPSA) is 228 Å². The Bertz CT molecular complexity index is 2170.